The second kappa shape index (κ2) is 4.96. The first-order valence-electron chi connectivity index (χ1n) is 6.09. The lowest BCUT2D eigenvalue weighted by atomic mass is 10.00. The molecule has 18 heavy (non-hydrogen) atoms. The number of nitrogen functional groups attached to an aromatic ring is 1. The number of halogens is 1. The van der Waals surface area contributed by atoms with Crippen molar-refractivity contribution in [3.05, 3.63) is 10.0 Å². The number of piperidine rings is 1. The van der Waals surface area contributed by atoms with E-state index in [1.807, 2.05) is 4.68 Å². The van der Waals surface area contributed by atoms with Gasteiger partial charge < -0.3 is 11.1 Å². The maximum Gasteiger partial charge on any atom is 0.164 e. The zero-order valence-corrected chi connectivity index (χ0v) is 12.1. The molecule has 7 heteroatoms. The van der Waals surface area contributed by atoms with E-state index in [-0.39, 0.29) is 0 Å². The Morgan fingerprint density at radius 1 is 1.50 bits per heavy atom. The molecule has 1 aliphatic heterocycles. The van der Waals surface area contributed by atoms with Crippen LogP contribution in [0.15, 0.2) is 6.33 Å². The maximum atomic E-state index is 5.88. The van der Waals surface area contributed by atoms with Crippen LogP contribution in [0.5, 0.6) is 0 Å². The van der Waals surface area contributed by atoms with Crippen LogP contribution in [-0.2, 0) is 6.54 Å². The third-order valence-electron chi connectivity index (χ3n) is 3.35. The molecule has 96 valence electrons. The van der Waals surface area contributed by atoms with Crippen LogP contribution in [0.3, 0.4) is 0 Å². The molecule has 3 heterocycles. The summed E-state index contributed by atoms with van der Waals surface area (Å²) in [5, 5.41) is 8.84. The number of nitrogens with zero attached hydrogens (tertiary/aromatic N) is 4. The van der Waals surface area contributed by atoms with Crippen molar-refractivity contribution in [3.8, 4) is 0 Å². The van der Waals surface area contributed by atoms with Crippen LogP contribution in [0, 0.1) is 9.62 Å². The van der Waals surface area contributed by atoms with Gasteiger partial charge in [0, 0.05) is 6.54 Å². The molecule has 0 amide bonds. The van der Waals surface area contributed by atoms with Crippen molar-refractivity contribution < 1.29 is 0 Å². The quantitative estimate of drug-likeness (QED) is 0.784. The van der Waals surface area contributed by atoms with Crippen molar-refractivity contribution in [3.63, 3.8) is 0 Å². The summed E-state index contributed by atoms with van der Waals surface area (Å²) in [5.41, 5.74) is 6.73. The number of anilines is 1. The van der Waals surface area contributed by atoms with Gasteiger partial charge in [0.05, 0.1) is 5.39 Å². The lowest BCUT2D eigenvalue weighted by Gasteiger charge is -2.22. The first kappa shape index (κ1) is 12.1. The largest absolute Gasteiger partial charge is 0.383 e. The fourth-order valence-corrected chi connectivity index (χ4v) is 3.22. The van der Waals surface area contributed by atoms with Crippen molar-refractivity contribution >= 4 is 39.4 Å². The highest BCUT2D eigenvalue weighted by molar-refractivity contribution is 14.1. The lowest BCUT2D eigenvalue weighted by molar-refractivity contribution is 0.328. The topological polar surface area (TPSA) is 81.7 Å². The van der Waals surface area contributed by atoms with Gasteiger partial charge in [-0.3, -0.25) is 0 Å². The second-order valence-electron chi connectivity index (χ2n) is 4.64. The Morgan fingerprint density at radius 2 is 2.39 bits per heavy atom. The predicted octanol–water partition coefficient (Wildman–Crippen LogP) is 1.01. The van der Waals surface area contributed by atoms with E-state index in [9.17, 15) is 0 Å². The van der Waals surface area contributed by atoms with Crippen LogP contribution in [0.4, 0.5) is 5.82 Å². The van der Waals surface area contributed by atoms with E-state index in [0.717, 1.165) is 34.4 Å². The Bertz CT molecular complexity index is 560. The molecular weight excluding hydrogens is 343 g/mol. The Balaban J connectivity index is 1.94. The number of hydrogen-bond acceptors (Lipinski definition) is 5. The van der Waals surface area contributed by atoms with Crippen LogP contribution in [0.25, 0.3) is 11.0 Å². The van der Waals surface area contributed by atoms with Crippen molar-refractivity contribution in [2.75, 3.05) is 18.8 Å². The summed E-state index contributed by atoms with van der Waals surface area (Å²) in [6.45, 7) is 3.07. The van der Waals surface area contributed by atoms with E-state index < -0.39 is 0 Å². The molecule has 2 aromatic heterocycles. The minimum Gasteiger partial charge on any atom is -0.383 e. The first-order valence-corrected chi connectivity index (χ1v) is 7.17. The van der Waals surface area contributed by atoms with Crippen LogP contribution in [-0.4, -0.2) is 32.8 Å². The van der Waals surface area contributed by atoms with Gasteiger partial charge in [0.2, 0.25) is 0 Å². The molecule has 3 rings (SSSR count). The Kier molecular flexibility index (Phi) is 3.33. The molecule has 0 aromatic carbocycles. The van der Waals surface area contributed by atoms with Crippen molar-refractivity contribution in [1.82, 2.24) is 25.1 Å². The van der Waals surface area contributed by atoms with E-state index in [0.29, 0.717) is 11.7 Å². The molecule has 0 bridgehead atoms. The first-order chi connectivity index (χ1) is 8.75. The SMILES string of the molecule is Nc1ncnc2c1c(I)nn2CC1CCCNC1. The number of hydrogen-bond donors (Lipinski definition) is 2. The molecule has 1 unspecified atom stereocenters. The molecule has 0 radical (unpaired) electrons. The molecule has 0 spiro atoms. The fourth-order valence-electron chi connectivity index (χ4n) is 2.44. The molecule has 2 aromatic rings. The monoisotopic (exact) mass is 358 g/mol. The number of nitrogens with two attached hydrogens (primary N) is 1. The Labute approximate surface area is 118 Å². The van der Waals surface area contributed by atoms with Crippen molar-refractivity contribution in [2.45, 2.75) is 19.4 Å². The highest BCUT2D eigenvalue weighted by atomic mass is 127. The van der Waals surface area contributed by atoms with Gasteiger partial charge in [-0.2, -0.15) is 5.10 Å². The molecule has 1 atom stereocenters. The fraction of sp³-hybridized carbons (Fsp3) is 0.545. The van der Waals surface area contributed by atoms with Crippen molar-refractivity contribution in [1.29, 1.82) is 0 Å². The Morgan fingerprint density at radius 3 is 3.17 bits per heavy atom. The minimum absolute atomic E-state index is 0.511. The lowest BCUT2D eigenvalue weighted by Crippen LogP contribution is -2.32. The van der Waals surface area contributed by atoms with E-state index >= 15 is 0 Å². The van der Waals surface area contributed by atoms with Crippen LogP contribution >= 0.6 is 22.6 Å². The van der Waals surface area contributed by atoms with Crippen LogP contribution in [0.1, 0.15) is 12.8 Å². The highest BCUT2D eigenvalue weighted by Gasteiger charge is 2.18. The molecule has 0 aliphatic carbocycles. The van der Waals surface area contributed by atoms with Gasteiger partial charge >= 0.3 is 0 Å². The smallest absolute Gasteiger partial charge is 0.164 e. The zero-order valence-electron chi connectivity index (χ0n) is 9.93. The summed E-state index contributed by atoms with van der Waals surface area (Å²) in [6, 6.07) is 0. The van der Waals surface area contributed by atoms with E-state index in [2.05, 4.69) is 43.0 Å². The van der Waals surface area contributed by atoms with Gasteiger partial charge in [-0.05, 0) is 54.4 Å². The maximum absolute atomic E-state index is 5.88. The molecule has 1 aliphatic rings. The standard InChI is InChI=1S/C11H15IN6/c12-9-8-10(13)15-6-16-11(8)18(17-9)5-7-2-1-3-14-4-7/h6-7,14H,1-5H2,(H2,13,15,16). The number of aromatic nitrogens is 4. The number of rotatable bonds is 2. The summed E-state index contributed by atoms with van der Waals surface area (Å²) >= 11 is 2.19. The molecule has 1 fully saturated rings. The number of nitrogens with one attached hydrogen (secondary N) is 1. The van der Waals surface area contributed by atoms with Gasteiger partial charge in [0.1, 0.15) is 15.8 Å². The predicted molar refractivity (Wildman–Crippen MR) is 78.0 cm³/mol. The van der Waals surface area contributed by atoms with E-state index in [4.69, 9.17) is 5.73 Å². The van der Waals surface area contributed by atoms with Gasteiger partial charge in [-0.15, -0.1) is 0 Å². The summed E-state index contributed by atoms with van der Waals surface area (Å²) < 4.78 is 2.84. The van der Waals surface area contributed by atoms with Gasteiger partial charge in [0.25, 0.3) is 0 Å². The van der Waals surface area contributed by atoms with Crippen molar-refractivity contribution in [2.24, 2.45) is 5.92 Å². The van der Waals surface area contributed by atoms with E-state index in [1.54, 1.807) is 0 Å². The van der Waals surface area contributed by atoms with Gasteiger partial charge in [-0.1, -0.05) is 0 Å². The molecule has 0 saturated carbocycles. The average molecular weight is 358 g/mol. The molecule has 3 N–H and O–H groups in total. The Hall–Kier alpha value is -0.960. The summed E-state index contributed by atoms with van der Waals surface area (Å²) in [7, 11) is 0. The minimum atomic E-state index is 0.511. The third kappa shape index (κ3) is 2.16. The average Bonchev–Trinajstić information content (AvgIpc) is 2.69. The van der Waals surface area contributed by atoms with Gasteiger partial charge in [0.15, 0.2) is 5.65 Å². The van der Waals surface area contributed by atoms with Crippen LogP contribution < -0.4 is 11.1 Å². The normalized spacial score (nSPS) is 20.4. The second-order valence-corrected chi connectivity index (χ2v) is 5.66. The van der Waals surface area contributed by atoms with Gasteiger partial charge in [-0.25, -0.2) is 14.6 Å². The molecule has 1 saturated heterocycles. The van der Waals surface area contributed by atoms with Crippen LogP contribution in [0.2, 0.25) is 0 Å². The highest BCUT2D eigenvalue weighted by Crippen LogP contribution is 2.24. The summed E-state index contributed by atoms with van der Waals surface area (Å²) in [6.07, 6.45) is 3.98. The summed E-state index contributed by atoms with van der Waals surface area (Å²) in [5.74, 6) is 1.13. The molecular formula is C11H15IN6. The zero-order chi connectivity index (χ0) is 12.5. The van der Waals surface area contributed by atoms with E-state index in [1.165, 1.54) is 19.2 Å². The summed E-state index contributed by atoms with van der Waals surface area (Å²) in [4.78, 5) is 8.34. The third-order valence-corrected chi connectivity index (χ3v) is 4.10. The molecule has 6 nitrogen and oxygen atoms in total. The number of fused-ring (bicyclic) bond motifs is 1.